The van der Waals surface area contributed by atoms with E-state index in [2.05, 4.69) is 17.2 Å². The standard InChI is InChI=1S/C11H23N3O2/c1-7-4-5-14(10(7)6-15)9(3)8(2)11(16)13-12/h7-10,15H,4-6,12H2,1-3H3,(H,13,16). The molecular weight excluding hydrogens is 206 g/mol. The van der Waals surface area contributed by atoms with Crippen LogP contribution in [0.2, 0.25) is 0 Å². The van der Waals surface area contributed by atoms with Crippen molar-refractivity contribution in [1.82, 2.24) is 10.3 Å². The third kappa shape index (κ3) is 2.53. The highest BCUT2D eigenvalue weighted by atomic mass is 16.3. The third-order valence-electron chi connectivity index (χ3n) is 3.92. The first-order chi connectivity index (χ1) is 7.52. The van der Waals surface area contributed by atoms with Gasteiger partial charge in [0.2, 0.25) is 5.91 Å². The molecule has 1 rings (SSSR count). The molecule has 5 nitrogen and oxygen atoms in total. The fraction of sp³-hybridized carbons (Fsp3) is 0.909. The normalized spacial score (nSPS) is 30.1. The molecule has 0 bridgehead atoms. The number of rotatable bonds is 4. The number of nitrogens with zero attached hydrogens (tertiary/aromatic N) is 1. The lowest BCUT2D eigenvalue weighted by Crippen LogP contribution is -2.49. The largest absolute Gasteiger partial charge is 0.395 e. The minimum Gasteiger partial charge on any atom is -0.395 e. The topological polar surface area (TPSA) is 78.6 Å². The van der Waals surface area contributed by atoms with Gasteiger partial charge < -0.3 is 5.11 Å². The first-order valence-electron chi connectivity index (χ1n) is 5.90. The second kappa shape index (κ2) is 5.61. The zero-order valence-electron chi connectivity index (χ0n) is 10.3. The van der Waals surface area contributed by atoms with Crippen molar-refractivity contribution in [3.8, 4) is 0 Å². The van der Waals surface area contributed by atoms with Crippen molar-refractivity contribution >= 4 is 5.91 Å². The molecule has 4 atom stereocenters. The number of nitrogens with two attached hydrogens (primary N) is 1. The van der Waals surface area contributed by atoms with E-state index in [0.29, 0.717) is 5.92 Å². The van der Waals surface area contributed by atoms with E-state index >= 15 is 0 Å². The highest BCUT2D eigenvalue weighted by Gasteiger charge is 2.36. The number of hydrazine groups is 1. The maximum Gasteiger partial charge on any atom is 0.238 e. The van der Waals surface area contributed by atoms with Crippen LogP contribution in [0.25, 0.3) is 0 Å². The Balaban J connectivity index is 2.66. The number of nitrogens with one attached hydrogen (secondary N) is 1. The van der Waals surface area contributed by atoms with Gasteiger partial charge in [0.25, 0.3) is 0 Å². The van der Waals surface area contributed by atoms with Crippen LogP contribution in [0.4, 0.5) is 0 Å². The van der Waals surface area contributed by atoms with Crippen molar-refractivity contribution in [3.05, 3.63) is 0 Å². The summed E-state index contributed by atoms with van der Waals surface area (Å²) >= 11 is 0. The van der Waals surface area contributed by atoms with Crippen molar-refractivity contribution < 1.29 is 9.90 Å². The maximum atomic E-state index is 11.5. The summed E-state index contributed by atoms with van der Waals surface area (Å²) in [6.45, 7) is 7.12. The molecule has 0 spiro atoms. The number of carbonyl (C=O) groups excluding carboxylic acids is 1. The summed E-state index contributed by atoms with van der Waals surface area (Å²) in [5.41, 5.74) is 2.19. The zero-order chi connectivity index (χ0) is 12.3. The van der Waals surface area contributed by atoms with Crippen LogP contribution in [0.3, 0.4) is 0 Å². The first kappa shape index (κ1) is 13.4. The number of carbonyl (C=O) groups is 1. The molecule has 0 aromatic heterocycles. The molecule has 0 aromatic rings. The maximum absolute atomic E-state index is 11.5. The summed E-state index contributed by atoms with van der Waals surface area (Å²) in [5, 5.41) is 9.37. The number of aliphatic hydroxyl groups excluding tert-OH is 1. The average molecular weight is 229 g/mol. The highest BCUT2D eigenvalue weighted by molar-refractivity contribution is 5.78. The molecule has 1 aliphatic rings. The Kier molecular flexibility index (Phi) is 4.70. The van der Waals surface area contributed by atoms with Crippen LogP contribution in [0.15, 0.2) is 0 Å². The zero-order valence-corrected chi connectivity index (χ0v) is 10.3. The van der Waals surface area contributed by atoms with E-state index in [9.17, 15) is 9.90 Å². The molecular formula is C11H23N3O2. The van der Waals surface area contributed by atoms with Gasteiger partial charge in [0.05, 0.1) is 12.5 Å². The lowest BCUT2D eigenvalue weighted by atomic mass is 9.98. The van der Waals surface area contributed by atoms with Gasteiger partial charge in [-0.15, -0.1) is 0 Å². The molecule has 1 aliphatic heterocycles. The molecule has 0 radical (unpaired) electrons. The van der Waals surface area contributed by atoms with Crippen molar-refractivity contribution in [2.24, 2.45) is 17.7 Å². The Morgan fingerprint density at radius 2 is 2.25 bits per heavy atom. The van der Waals surface area contributed by atoms with Crippen molar-refractivity contribution in [2.75, 3.05) is 13.2 Å². The fourth-order valence-electron chi connectivity index (χ4n) is 2.47. The lowest BCUT2D eigenvalue weighted by Gasteiger charge is -2.33. The molecule has 1 heterocycles. The Morgan fingerprint density at radius 3 is 2.75 bits per heavy atom. The molecule has 0 aromatic carbocycles. The van der Waals surface area contributed by atoms with Gasteiger partial charge in [0.1, 0.15) is 0 Å². The molecule has 1 fully saturated rings. The number of amides is 1. The van der Waals surface area contributed by atoms with E-state index in [1.807, 2.05) is 13.8 Å². The minimum atomic E-state index is -0.163. The monoisotopic (exact) mass is 229 g/mol. The second-order valence-electron chi connectivity index (χ2n) is 4.79. The van der Waals surface area contributed by atoms with E-state index in [1.165, 1.54) is 0 Å². The smallest absolute Gasteiger partial charge is 0.238 e. The molecule has 1 saturated heterocycles. The Bertz CT molecular complexity index is 247. The summed E-state index contributed by atoms with van der Waals surface area (Å²) in [4.78, 5) is 13.7. The number of hydrogen-bond acceptors (Lipinski definition) is 4. The van der Waals surface area contributed by atoms with Gasteiger partial charge in [-0.25, -0.2) is 5.84 Å². The van der Waals surface area contributed by atoms with Crippen LogP contribution in [0.1, 0.15) is 27.2 Å². The molecule has 16 heavy (non-hydrogen) atoms. The quantitative estimate of drug-likeness (QED) is 0.351. The number of aliphatic hydroxyl groups is 1. The Labute approximate surface area is 97.0 Å². The third-order valence-corrected chi connectivity index (χ3v) is 3.92. The van der Waals surface area contributed by atoms with Crippen molar-refractivity contribution in [2.45, 2.75) is 39.3 Å². The lowest BCUT2D eigenvalue weighted by molar-refractivity contribution is -0.126. The van der Waals surface area contributed by atoms with E-state index in [4.69, 9.17) is 5.84 Å². The predicted octanol–water partition coefficient (Wildman–Crippen LogP) is -0.296. The van der Waals surface area contributed by atoms with Crippen LogP contribution in [0.5, 0.6) is 0 Å². The summed E-state index contributed by atoms with van der Waals surface area (Å²) in [6, 6.07) is 0.272. The molecule has 4 N–H and O–H groups in total. The van der Waals surface area contributed by atoms with Gasteiger partial charge in [-0.2, -0.15) is 0 Å². The van der Waals surface area contributed by atoms with Crippen LogP contribution in [-0.2, 0) is 4.79 Å². The van der Waals surface area contributed by atoms with E-state index < -0.39 is 0 Å². The van der Waals surface area contributed by atoms with Gasteiger partial charge in [-0.3, -0.25) is 15.1 Å². The van der Waals surface area contributed by atoms with Gasteiger partial charge >= 0.3 is 0 Å². The van der Waals surface area contributed by atoms with Crippen LogP contribution in [0, 0.1) is 11.8 Å². The van der Waals surface area contributed by atoms with Crippen molar-refractivity contribution in [3.63, 3.8) is 0 Å². The Morgan fingerprint density at radius 1 is 1.62 bits per heavy atom. The molecule has 0 aliphatic carbocycles. The van der Waals surface area contributed by atoms with Gasteiger partial charge in [0.15, 0.2) is 0 Å². The summed E-state index contributed by atoms with van der Waals surface area (Å²) in [7, 11) is 0. The Hall–Kier alpha value is -0.650. The van der Waals surface area contributed by atoms with Crippen LogP contribution in [-0.4, -0.2) is 41.1 Å². The van der Waals surface area contributed by atoms with Crippen LogP contribution >= 0.6 is 0 Å². The molecule has 94 valence electrons. The molecule has 1 amide bonds. The van der Waals surface area contributed by atoms with E-state index in [-0.39, 0.29) is 30.5 Å². The molecule has 0 saturated carbocycles. The SMILES string of the molecule is CC1CCN(C(C)C(C)C(=O)NN)C1CO. The summed E-state index contributed by atoms with van der Waals surface area (Å²) < 4.78 is 0. The second-order valence-corrected chi connectivity index (χ2v) is 4.79. The number of hydrogen-bond donors (Lipinski definition) is 3. The molecule has 5 heteroatoms. The highest BCUT2D eigenvalue weighted by Crippen LogP contribution is 2.27. The molecule has 4 unspecified atom stereocenters. The summed E-state index contributed by atoms with van der Waals surface area (Å²) in [6.07, 6.45) is 1.08. The first-order valence-corrected chi connectivity index (χ1v) is 5.90. The fourth-order valence-corrected chi connectivity index (χ4v) is 2.47. The predicted molar refractivity (Wildman–Crippen MR) is 62.3 cm³/mol. The van der Waals surface area contributed by atoms with E-state index in [1.54, 1.807) is 0 Å². The average Bonchev–Trinajstić information content (AvgIpc) is 2.67. The van der Waals surface area contributed by atoms with Gasteiger partial charge in [-0.05, 0) is 25.8 Å². The van der Waals surface area contributed by atoms with Gasteiger partial charge in [-0.1, -0.05) is 13.8 Å². The van der Waals surface area contributed by atoms with Crippen LogP contribution < -0.4 is 11.3 Å². The van der Waals surface area contributed by atoms with Crippen molar-refractivity contribution in [1.29, 1.82) is 0 Å². The number of likely N-dealkylation sites (tertiary alicyclic amines) is 1. The van der Waals surface area contributed by atoms with E-state index in [0.717, 1.165) is 13.0 Å². The summed E-state index contributed by atoms with van der Waals surface area (Å²) in [5.74, 6) is 5.31. The van der Waals surface area contributed by atoms with Gasteiger partial charge in [0, 0.05) is 12.1 Å². The minimum absolute atomic E-state index is 0.102.